The van der Waals surface area contributed by atoms with Crippen LogP contribution in [-0.2, 0) is 19.6 Å². The van der Waals surface area contributed by atoms with E-state index in [0.717, 1.165) is 32.6 Å². The highest BCUT2D eigenvalue weighted by Gasteiger charge is 2.18. The summed E-state index contributed by atoms with van der Waals surface area (Å²) in [6.07, 6.45) is 1.01. The number of hydrogen-bond donors (Lipinski definition) is 1. The zero-order valence-electron chi connectivity index (χ0n) is 16.6. The molecule has 0 heterocycles. The molecule has 3 aromatic rings. The van der Waals surface area contributed by atoms with E-state index in [-0.39, 0.29) is 0 Å². The Morgan fingerprint density at radius 3 is 1.32 bits per heavy atom. The fourth-order valence-corrected chi connectivity index (χ4v) is 3.35. The summed E-state index contributed by atoms with van der Waals surface area (Å²) in [7, 11) is 0. The monoisotopic (exact) mass is 371 g/mol. The first-order valence-electron chi connectivity index (χ1n) is 9.96. The highest BCUT2D eigenvalue weighted by Crippen LogP contribution is 2.14. The van der Waals surface area contributed by atoms with Gasteiger partial charge in [0.2, 0.25) is 0 Å². The summed E-state index contributed by atoms with van der Waals surface area (Å²) in [6, 6.07) is 31.3. The van der Waals surface area contributed by atoms with Gasteiger partial charge in [-0.05, 0) is 23.1 Å². The van der Waals surface area contributed by atoms with E-state index in [0.29, 0.717) is 5.96 Å². The lowest BCUT2D eigenvalue weighted by molar-refractivity contribution is 0.296. The van der Waals surface area contributed by atoms with Crippen LogP contribution in [0.15, 0.2) is 91.0 Å². The largest absolute Gasteiger partial charge is 0.339 e. The molecular formula is C25H29N3. The Balaban J connectivity index is 1.81. The van der Waals surface area contributed by atoms with Gasteiger partial charge in [-0.2, -0.15) is 0 Å². The van der Waals surface area contributed by atoms with Crippen molar-refractivity contribution >= 4 is 5.96 Å². The van der Waals surface area contributed by atoms with Crippen molar-refractivity contribution in [3.8, 4) is 0 Å². The maximum absolute atomic E-state index is 9.01. The van der Waals surface area contributed by atoms with E-state index in [4.69, 9.17) is 5.41 Å². The number of nitrogens with zero attached hydrogens (tertiary/aromatic N) is 2. The highest BCUT2D eigenvalue weighted by atomic mass is 15.4. The van der Waals surface area contributed by atoms with E-state index in [1.165, 1.54) is 16.7 Å². The molecule has 0 radical (unpaired) electrons. The van der Waals surface area contributed by atoms with Gasteiger partial charge in [-0.25, -0.2) is 0 Å². The molecule has 3 heteroatoms. The lowest BCUT2D eigenvalue weighted by Gasteiger charge is -2.34. The maximum Gasteiger partial charge on any atom is 0.194 e. The predicted octanol–water partition coefficient (Wildman–Crippen LogP) is 5.54. The first kappa shape index (κ1) is 19.7. The molecule has 0 aromatic heterocycles. The highest BCUT2D eigenvalue weighted by molar-refractivity contribution is 5.77. The molecule has 0 unspecified atom stereocenters. The average Bonchev–Trinajstić information content (AvgIpc) is 2.75. The van der Waals surface area contributed by atoms with Crippen LogP contribution < -0.4 is 0 Å². The summed E-state index contributed by atoms with van der Waals surface area (Å²) in [4.78, 5) is 4.35. The second kappa shape index (κ2) is 10.3. The van der Waals surface area contributed by atoms with Crippen LogP contribution >= 0.6 is 0 Å². The molecule has 0 fully saturated rings. The molecule has 0 spiro atoms. The minimum Gasteiger partial charge on any atom is -0.339 e. The van der Waals surface area contributed by atoms with Gasteiger partial charge in [0.05, 0.1) is 0 Å². The Kier molecular flexibility index (Phi) is 7.25. The van der Waals surface area contributed by atoms with E-state index >= 15 is 0 Å². The quantitative estimate of drug-likeness (QED) is 0.416. The normalized spacial score (nSPS) is 10.5. The molecule has 3 nitrogen and oxygen atoms in total. The number of benzene rings is 3. The Hall–Kier alpha value is -3.07. The third-order valence-electron chi connectivity index (χ3n) is 4.74. The standard InChI is InChI=1S/C25H29N3/c1-2-18-27(19-22-12-6-3-7-13-22)25(26)28(20-23-14-8-4-9-15-23)21-24-16-10-5-11-17-24/h3-17,26H,2,18-21H2,1H3. The van der Waals surface area contributed by atoms with E-state index in [9.17, 15) is 0 Å². The SMILES string of the molecule is CCCN(Cc1ccccc1)C(=N)N(Cc1ccccc1)Cc1ccccc1. The molecule has 3 rings (SSSR count). The van der Waals surface area contributed by atoms with Gasteiger partial charge in [0.15, 0.2) is 5.96 Å². The van der Waals surface area contributed by atoms with Gasteiger partial charge in [-0.3, -0.25) is 5.41 Å². The predicted molar refractivity (Wildman–Crippen MR) is 117 cm³/mol. The van der Waals surface area contributed by atoms with Crippen LogP contribution in [0, 0.1) is 5.41 Å². The van der Waals surface area contributed by atoms with Crippen LogP contribution in [0.1, 0.15) is 30.0 Å². The van der Waals surface area contributed by atoms with Gasteiger partial charge in [0.25, 0.3) is 0 Å². The minimum absolute atomic E-state index is 0.582. The molecule has 0 aliphatic rings. The van der Waals surface area contributed by atoms with Gasteiger partial charge in [0, 0.05) is 26.2 Å². The molecule has 0 atom stereocenters. The van der Waals surface area contributed by atoms with Crippen LogP contribution in [0.25, 0.3) is 0 Å². The summed E-state index contributed by atoms with van der Waals surface area (Å²) in [5.41, 5.74) is 3.68. The molecule has 0 saturated heterocycles. The third-order valence-corrected chi connectivity index (χ3v) is 4.74. The van der Waals surface area contributed by atoms with Crippen molar-refractivity contribution in [3.05, 3.63) is 108 Å². The van der Waals surface area contributed by atoms with Crippen LogP contribution in [-0.4, -0.2) is 22.3 Å². The van der Waals surface area contributed by atoms with Crippen molar-refractivity contribution < 1.29 is 0 Å². The molecule has 0 amide bonds. The fraction of sp³-hybridized carbons (Fsp3) is 0.240. The van der Waals surface area contributed by atoms with E-state index in [2.05, 4.69) is 89.5 Å². The van der Waals surface area contributed by atoms with Crippen LogP contribution in [0.4, 0.5) is 0 Å². The van der Waals surface area contributed by atoms with Gasteiger partial charge in [0.1, 0.15) is 0 Å². The first-order valence-corrected chi connectivity index (χ1v) is 9.96. The van der Waals surface area contributed by atoms with Crippen LogP contribution in [0.3, 0.4) is 0 Å². The van der Waals surface area contributed by atoms with Crippen LogP contribution in [0.5, 0.6) is 0 Å². The van der Waals surface area contributed by atoms with E-state index in [1.54, 1.807) is 0 Å². The molecule has 3 aromatic carbocycles. The molecule has 0 bridgehead atoms. The van der Waals surface area contributed by atoms with Gasteiger partial charge >= 0.3 is 0 Å². The van der Waals surface area contributed by atoms with Crippen molar-refractivity contribution in [1.29, 1.82) is 5.41 Å². The Morgan fingerprint density at radius 1 is 0.607 bits per heavy atom. The Labute approximate surface area is 168 Å². The number of nitrogens with one attached hydrogen (secondary N) is 1. The third kappa shape index (κ3) is 5.71. The molecule has 0 aliphatic carbocycles. The smallest absolute Gasteiger partial charge is 0.194 e. The second-order valence-electron chi connectivity index (χ2n) is 7.06. The maximum atomic E-state index is 9.01. The van der Waals surface area contributed by atoms with Gasteiger partial charge in [-0.1, -0.05) is 97.9 Å². The van der Waals surface area contributed by atoms with E-state index < -0.39 is 0 Å². The lowest BCUT2D eigenvalue weighted by atomic mass is 10.1. The topological polar surface area (TPSA) is 30.3 Å². The average molecular weight is 372 g/mol. The van der Waals surface area contributed by atoms with Crippen molar-refractivity contribution in [3.63, 3.8) is 0 Å². The molecule has 0 aliphatic heterocycles. The molecular weight excluding hydrogens is 342 g/mol. The lowest BCUT2D eigenvalue weighted by Crippen LogP contribution is -2.43. The molecule has 1 N–H and O–H groups in total. The van der Waals surface area contributed by atoms with Crippen molar-refractivity contribution in [1.82, 2.24) is 9.80 Å². The minimum atomic E-state index is 0.582. The number of guanidine groups is 1. The van der Waals surface area contributed by atoms with E-state index in [1.807, 2.05) is 18.2 Å². The summed E-state index contributed by atoms with van der Waals surface area (Å²) < 4.78 is 0. The fourth-order valence-electron chi connectivity index (χ4n) is 3.35. The summed E-state index contributed by atoms with van der Waals surface area (Å²) >= 11 is 0. The summed E-state index contributed by atoms with van der Waals surface area (Å²) in [6.45, 7) is 5.25. The van der Waals surface area contributed by atoms with Gasteiger partial charge in [-0.15, -0.1) is 0 Å². The zero-order valence-corrected chi connectivity index (χ0v) is 16.6. The number of rotatable bonds is 8. The van der Waals surface area contributed by atoms with Crippen molar-refractivity contribution in [2.45, 2.75) is 33.0 Å². The molecule has 28 heavy (non-hydrogen) atoms. The number of hydrogen-bond acceptors (Lipinski definition) is 1. The Bertz CT molecular complexity index is 790. The molecule has 144 valence electrons. The summed E-state index contributed by atoms with van der Waals surface area (Å²) in [5.74, 6) is 0.582. The van der Waals surface area contributed by atoms with Gasteiger partial charge < -0.3 is 9.80 Å². The molecule has 0 saturated carbocycles. The van der Waals surface area contributed by atoms with Crippen molar-refractivity contribution in [2.75, 3.05) is 6.54 Å². The van der Waals surface area contributed by atoms with Crippen LogP contribution in [0.2, 0.25) is 0 Å². The van der Waals surface area contributed by atoms with Crippen molar-refractivity contribution in [2.24, 2.45) is 0 Å². The first-order chi connectivity index (χ1) is 13.8. The summed E-state index contributed by atoms with van der Waals surface area (Å²) in [5, 5.41) is 9.01. The second-order valence-corrected chi connectivity index (χ2v) is 7.06. The Morgan fingerprint density at radius 2 is 0.964 bits per heavy atom. The zero-order chi connectivity index (χ0) is 19.6.